The van der Waals surface area contributed by atoms with Crippen LogP contribution in [0, 0.1) is 0 Å². The molecule has 2 aromatic rings. The molecule has 0 spiro atoms. The van der Waals surface area contributed by atoms with Gasteiger partial charge in [-0.05, 0) is 29.8 Å². The lowest BCUT2D eigenvalue weighted by Crippen LogP contribution is -2.16. The van der Waals surface area contributed by atoms with E-state index in [1.54, 1.807) is 30.6 Å². The molecular weight excluding hydrogens is 242 g/mol. The fourth-order valence-corrected chi connectivity index (χ4v) is 2.01. The summed E-state index contributed by atoms with van der Waals surface area (Å²) in [5.74, 6) is 1.39. The highest BCUT2D eigenvalue weighted by molar-refractivity contribution is 5.98. The van der Waals surface area contributed by atoms with Gasteiger partial charge in [-0.2, -0.15) is 0 Å². The van der Waals surface area contributed by atoms with E-state index in [9.17, 15) is 4.79 Å². The van der Waals surface area contributed by atoms with Gasteiger partial charge in [0.15, 0.2) is 17.3 Å². The van der Waals surface area contributed by atoms with Crippen LogP contribution in [0.4, 0.5) is 0 Å². The lowest BCUT2D eigenvalue weighted by atomic mass is 10.0. The summed E-state index contributed by atoms with van der Waals surface area (Å²) in [5.41, 5.74) is 1.54. The molecule has 0 unspecified atom stereocenters. The monoisotopic (exact) mass is 255 g/mol. The van der Waals surface area contributed by atoms with E-state index < -0.39 is 0 Å². The van der Waals surface area contributed by atoms with E-state index in [1.165, 1.54) is 0 Å². The first-order chi connectivity index (χ1) is 9.33. The third kappa shape index (κ3) is 2.57. The number of aromatic nitrogens is 1. The Kier molecular flexibility index (Phi) is 3.14. The lowest BCUT2D eigenvalue weighted by Gasteiger charge is -2.18. The van der Waals surface area contributed by atoms with Gasteiger partial charge in [0.25, 0.3) is 0 Å². The molecule has 4 heteroatoms. The predicted octanol–water partition coefficient (Wildman–Crippen LogP) is 2.28. The van der Waals surface area contributed by atoms with E-state index in [0.717, 1.165) is 5.56 Å². The number of nitrogens with zero attached hydrogens (tertiary/aromatic N) is 1. The Bertz CT molecular complexity index is 596. The number of rotatable bonds is 3. The van der Waals surface area contributed by atoms with Gasteiger partial charge in [-0.3, -0.25) is 9.78 Å². The number of hydrogen-bond donors (Lipinski definition) is 0. The van der Waals surface area contributed by atoms with Crippen LogP contribution in [0.3, 0.4) is 0 Å². The average Bonchev–Trinajstić information content (AvgIpc) is 2.48. The average molecular weight is 255 g/mol. The molecule has 3 rings (SSSR count). The number of pyridine rings is 1. The fraction of sp³-hybridized carbons (Fsp3) is 0.200. The number of hydrogen-bond acceptors (Lipinski definition) is 4. The topological polar surface area (TPSA) is 48.4 Å². The third-order valence-electron chi connectivity index (χ3n) is 2.95. The molecule has 0 radical (unpaired) electrons. The first kappa shape index (κ1) is 11.7. The van der Waals surface area contributed by atoms with Gasteiger partial charge in [0.1, 0.15) is 13.2 Å². The zero-order valence-electron chi connectivity index (χ0n) is 10.3. The standard InChI is InChI=1S/C15H13NO3/c17-13(8-11-2-1-5-16-10-11)12-3-4-14-15(9-12)19-7-6-18-14/h1-5,9-10H,6-8H2. The number of Topliss-reactive ketones (excluding diaryl/α,β-unsaturated/α-hetero) is 1. The molecule has 1 aromatic carbocycles. The molecule has 0 fully saturated rings. The zero-order chi connectivity index (χ0) is 13.1. The van der Waals surface area contributed by atoms with Gasteiger partial charge < -0.3 is 9.47 Å². The summed E-state index contributed by atoms with van der Waals surface area (Å²) in [6.45, 7) is 1.07. The quantitative estimate of drug-likeness (QED) is 0.789. The van der Waals surface area contributed by atoms with Gasteiger partial charge in [0.2, 0.25) is 0 Å². The fourth-order valence-electron chi connectivity index (χ4n) is 2.01. The van der Waals surface area contributed by atoms with Gasteiger partial charge in [-0.25, -0.2) is 0 Å². The molecule has 0 N–H and O–H groups in total. The van der Waals surface area contributed by atoms with E-state index in [1.807, 2.05) is 12.1 Å². The number of carbonyl (C=O) groups excluding carboxylic acids is 1. The lowest BCUT2D eigenvalue weighted by molar-refractivity contribution is 0.0991. The Morgan fingerprint density at radius 2 is 2.00 bits per heavy atom. The van der Waals surface area contributed by atoms with E-state index in [4.69, 9.17) is 9.47 Å². The van der Waals surface area contributed by atoms with Crippen molar-refractivity contribution in [3.63, 3.8) is 0 Å². The molecular formula is C15H13NO3. The highest BCUT2D eigenvalue weighted by Gasteiger charge is 2.15. The van der Waals surface area contributed by atoms with Crippen molar-refractivity contribution in [1.29, 1.82) is 0 Å². The molecule has 0 aliphatic carbocycles. The number of ether oxygens (including phenoxy) is 2. The minimum absolute atomic E-state index is 0.0463. The molecule has 0 atom stereocenters. The van der Waals surface area contributed by atoms with Gasteiger partial charge in [-0.15, -0.1) is 0 Å². The SMILES string of the molecule is O=C(Cc1cccnc1)c1ccc2c(c1)OCCO2. The Morgan fingerprint density at radius 1 is 1.16 bits per heavy atom. The number of carbonyl (C=O) groups is 1. The molecule has 0 bridgehead atoms. The van der Waals surface area contributed by atoms with Crippen LogP contribution in [-0.4, -0.2) is 24.0 Å². The van der Waals surface area contributed by atoms with Crippen LogP contribution in [-0.2, 0) is 6.42 Å². The minimum atomic E-state index is 0.0463. The van der Waals surface area contributed by atoms with Crippen molar-refractivity contribution >= 4 is 5.78 Å². The van der Waals surface area contributed by atoms with E-state index in [-0.39, 0.29) is 5.78 Å². The van der Waals surface area contributed by atoms with Crippen LogP contribution in [0.15, 0.2) is 42.7 Å². The second-order valence-corrected chi connectivity index (χ2v) is 4.32. The second-order valence-electron chi connectivity index (χ2n) is 4.32. The Labute approximate surface area is 111 Å². The van der Waals surface area contributed by atoms with Crippen molar-refractivity contribution in [2.45, 2.75) is 6.42 Å². The van der Waals surface area contributed by atoms with Gasteiger partial charge in [0, 0.05) is 24.4 Å². The van der Waals surface area contributed by atoms with Crippen molar-refractivity contribution in [2.24, 2.45) is 0 Å². The van der Waals surface area contributed by atoms with E-state index in [0.29, 0.717) is 36.7 Å². The van der Waals surface area contributed by atoms with Crippen LogP contribution >= 0.6 is 0 Å². The molecule has 19 heavy (non-hydrogen) atoms. The molecule has 4 nitrogen and oxygen atoms in total. The van der Waals surface area contributed by atoms with Crippen molar-refractivity contribution in [3.05, 3.63) is 53.9 Å². The maximum Gasteiger partial charge on any atom is 0.167 e. The summed E-state index contributed by atoms with van der Waals surface area (Å²) >= 11 is 0. The summed E-state index contributed by atoms with van der Waals surface area (Å²) in [4.78, 5) is 16.2. The molecule has 1 aromatic heterocycles. The third-order valence-corrected chi connectivity index (χ3v) is 2.95. The highest BCUT2D eigenvalue weighted by atomic mass is 16.6. The minimum Gasteiger partial charge on any atom is -0.486 e. The van der Waals surface area contributed by atoms with Gasteiger partial charge in [0.05, 0.1) is 0 Å². The molecule has 1 aliphatic heterocycles. The number of benzene rings is 1. The van der Waals surface area contributed by atoms with E-state index in [2.05, 4.69) is 4.98 Å². The van der Waals surface area contributed by atoms with Crippen LogP contribution < -0.4 is 9.47 Å². The Morgan fingerprint density at radius 3 is 2.79 bits per heavy atom. The predicted molar refractivity (Wildman–Crippen MR) is 69.7 cm³/mol. The molecule has 1 aliphatic rings. The summed E-state index contributed by atoms with van der Waals surface area (Å²) in [6, 6.07) is 9.01. The number of ketones is 1. The van der Waals surface area contributed by atoms with Crippen LogP contribution in [0.5, 0.6) is 11.5 Å². The normalized spacial score (nSPS) is 13.1. The first-order valence-corrected chi connectivity index (χ1v) is 6.15. The summed E-state index contributed by atoms with van der Waals surface area (Å²) in [5, 5.41) is 0. The van der Waals surface area contributed by atoms with Crippen LogP contribution in [0.2, 0.25) is 0 Å². The van der Waals surface area contributed by atoms with Crippen molar-refractivity contribution in [2.75, 3.05) is 13.2 Å². The molecule has 96 valence electrons. The molecule has 2 heterocycles. The smallest absolute Gasteiger partial charge is 0.167 e. The van der Waals surface area contributed by atoms with Gasteiger partial charge >= 0.3 is 0 Å². The highest BCUT2D eigenvalue weighted by Crippen LogP contribution is 2.31. The summed E-state index contributed by atoms with van der Waals surface area (Å²) < 4.78 is 10.9. The van der Waals surface area contributed by atoms with Crippen LogP contribution in [0.25, 0.3) is 0 Å². The van der Waals surface area contributed by atoms with Gasteiger partial charge in [-0.1, -0.05) is 6.07 Å². The Balaban J connectivity index is 1.80. The molecule has 0 amide bonds. The zero-order valence-corrected chi connectivity index (χ0v) is 10.3. The maximum atomic E-state index is 12.2. The molecule has 0 saturated carbocycles. The second kappa shape index (κ2) is 5.10. The molecule has 0 saturated heterocycles. The Hall–Kier alpha value is -2.36. The maximum absolute atomic E-state index is 12.2. The summed E-state index contributed by atoms with van der Waals surface area (Å²) in [6.07, 6.45) is 3.74. The van der Waals surface area contributed by atoms with E-state index >= 15 is 0 Å². The van der Waals surface area contributed by atoms with Crippen molar-refractivity contribution in [3.8, 4) is 11.5 Å². The van der Waals surface area contributed by atoms with Crippen molar-refractivity contribution in [1.82, 2.24) is 4.98 Å². The largest absolute Gasteiger partial charge is 0.486 e. The number of fused-ring (bicyclic) bond motifs is 1. The van der Waals surface area contributed by atoms with Crippen LogP contribution in [0.1, 0.15) is 15.9 Å². The summed E-state index contributed by atoms with van der Waals surface area (Å²) in [7, 11) is 0. The first-order valence-electron chi connectivity index (χ1n) is 6.15. The van der Waals surface area contributed by atoms with Crippen molar-refractivity contribution < 1.29 is 14.3 Å².